The van der Waals surface area contributed by atoms with Gasteiger partial charge in [-0.1, -0.05) is 18.2 Å². The number of hydrogen-bond donors (Lipinski definition) is 1. The molecule has 0 amide bonds. The standard InChI is InChI=1S/C12H12N2O2/c15-7-6-11-8-14(9-13-11)12(16)10-4-2-1-3-5-10/h1-5,8-9,15H,6-7H2. The van der Waals surface area contributed by atoms with Crippen molar-refractivity contribution in [2.45, 2.75) is 6.42 Å². The first-order valence-corrected chi connectivity index (χ1v) is 5.05. The molecule has 4 nitrogen and oxygen atoms in total. The molecule has 0 aliphatic carbocycles. The number of aliphatic hydroxyl groups is 1. The maximum atomic E-state index is 11.9. The number of aromatic nitrogens is 2. The predicted octanol–water partition coefficient (Wildman–Crippen LogP) is 1.11. The lowest BCUT2D eigenvalue weighted by atomic mass is 10.2. The Labute approximate surface area is 93.2 Å². The summed E-state index contributed by atoms with van der Waals surface area (Å²) in [7, 11) is 0. The van der Waals surface area contributed by atoms with Gasteiger partial charge in [0.1, 0.15) is 6.33 Å². The van der Waals surface area contributed by atoms with Crippen LogP contribution in [-0.4, -0.2) is 27.2 Å². The van der Waals surface area contributed by atoms with Gasteiger partial charge in [0.2, 0.25) is 0 Å². The van der Waals surface area contributed by atoms with E-state index in [2.05, 4.69) is 4.98 Å². The summed E-state index contributed by atoms with van der Waals surface area (Å²) in [6, 6.07) is 9.02. The van der Waals surface area contributed by atoms with Gasteiger partial charge >= 0.3 is 0 Å². The van der Waals surface area contributed by atoms with E-state index in [1.807, 2.05) is 18.2 Å². The van der Waals surface area contributed by atoms with Gasteiger partial charge in [0.05, 0.1) is 5.69 Å². The van der Waals surface area contributed by atoms with Crippen LogP contribution < -0.4 is 0 Å². The highest BCUT2D eigenvalue weighted by Gasteiger charge is 2.08. The largest absolute Gasteiger partial charge is 0.396 e. The number of hydrogen-bond acceptors (Lipinski definition) is 3. The molecule has 0 unspecified atom stereocenters. The molecular formula is C12H12N2O2. The number of nitrogens with zero attached hydrogens (tertiary/aromatic N) is 2. The van der Waals surface area contributed by atoms with E-state index in [1.54, 1.807) is 18.3 Å². The number of carbonyl (C=O) groups is 1. The van der Waals surface area contributed by atoms with E-state index < -0.39 is 0 Å². The van der Waals surface area contributed by atoms with E-state index >= 15 is 0 Å². The highest BCUT2D eigenvalue weighted by atomic mass is 16.3. The maximum Gasteiger partial charge on any atom is 0.263 e. The van der Waals surface area contributed by atoms with Gasteiger partial charge in [-0.25, -0.2) is 4.98 Å². The van der Waals surface area contributed by atoms with Gasteiger partial charge in [-0.3, -0.25) is 9.36 Å². The minimum Gasteiger partial charge on any atom is -0.396 e. The highest BCUT2D eigenvalue weighted by Crippen LogP contribution is 2.04. The minimum absolute atomic E-state index is 0.0382. The molecule has 4 heteroatoms. The SMILES string of the molecule is O=C(c1ccccc1)n1cnc(CCO)c1. The van der Waals surface area contributed by atoms with Crippen molar-refractivity contribution in [1.29, 1.82) is 0 Å². The average molecular weight is 216 g/mol. The summed E-state index contributed by atoms with van der Waals surface area (Å²) in [5, 5.41) is 8.75. The Balaban J connectivity index is 2.21. The quantitative estimate of drug-likeness (QED) is 0.836. The van der Waals surface area contributed by atoms with Crippen molar-refractivity contribution in [3.8, 4) is 0 Å². The summed E-state index contributed by atoms with van der Waals surface area (Å²) in [6.07, 6.45) is 3.58. The number of benzene rings is 1. The average Bonchev–Trinajstić information content (AvgIpc) is 2.78. The zero-order valence-electron chi connectivity index (χ0n) is 8.71. The van der Waals surface area contributed by atoms with Crippen LogP contribution in [-0.2, 0) is 6.42 Å². The van der Waals surface area contributed by atoms with E-state index in [0.717, 1.165) is 0 Å². The summed E-state index contributed by atoms with van der Waals surface area (Å²) in [6.45, 7) is 0.0382. The number of aliphatic hydroxyl groups excluding tert-OH is 1. The van der Waals surface area contributed by atoms with Gasteiger partial charge in [0, 0.05) is 24.8 Å². The van der Waals surface area contributed by atoms with Crippen molar-refractivity contribution in [2.75, 3.05) is 6.61 Å². The van der Waals surface area contributed by atoms with Crippen molar-refractivity contribution in [2.24, 2.45) is 0 Å². The second-order valence-electron chi connectivity index (χ2n) is 3.42. The van der Waals surface area contributed by atoms with Gasteiger partial charge in [-0.2, -0.15) is 0 Å². The van der Waals surface area contributed by atoms with Crippen LogP contribution in [0.3, 0.4) is 0 Å². The van der Waals surface area contributed by atoms with E-state index in [9.17, 15) is 4.79 Å². The summed E-state index contributed by atoms with van der Waals surface area (Å²) in [5.74, 6) is -0.114. The van der Waals surface area contributed by atoms with E-state index in [-0.39, 0.29) is 12.5 Å². The molecule has 16 heavy (non-hydrogen) atoms. The molecule has 0 radical (unpaired) electrons. The Bertz CT molecular complexity index is 477. The summed E-state index contributed by atoms with van der Waals surface area (Å²) < 4.78 is 1.43. The van der Waals surface area contributed by atoms with Crippen molar-refractivity contribution < 1.29 is 9.90 Å². The van der Waals surface area contributed by atoms with Crippen LogP contribution in [0.4, 0.5) is 0 Å². The molecule has 0 aliphatic heterocycles. The third kappa shape index (κ3) is 2.17. The molecule has 2 aromatic rings. The fraction of sp³-hybridized carbons (Fsp3) is 0.167. The molecule has 0 fully saturated rings. The second-order valence-corrected chi connectivity index (χ2v) is 3.42. The third-order valence-corrected chi connectivity index (χ3v) is 2.26. The van der Waals surface area contributed by atoms with E-state index in [4.69, 9.17) is 5.11 Å². The molecule has 0 atom stereocenters. The molecule has 0 saturated heterocycles. The molecule has 1 N–H and O–H groups in total. The van der Waals surface area contributed by atoms with Gasteiger partial charge < -0.3 is 5.11 Å². The molecule has 1 aromatic carbocycles. The highest BCUT2D eigenvalue weighted by molar-refractivity contribution is 5.95. The van der Waals surface area contributed by atoms with Crippen molar-refractivity contribution in [1.82, 2.24) is 9.55 Å². The van der Waals surface area contributed by atoms with Crippen LogP contribution >= 0.6 is 0 Å². The predicted molar refractivity (Wildman–Crippen MR) is 59.2 cm³/mol. The Kier molecular flexibility index (Phi) is 3.12. The van der Waals surface area contributed by atoms with Gasteiger partial charge in [-0.05, 0) is 12.1 Å². The first-order valence-electron chi connectivity index (χ1n) is 5.05. The third-order valence-electron chi connectivity index (χ3n) is 2.26. The topological polar surface area (TPSA) is 55.1 Å². The Morgan fingerprint density at radius 3 is 2.75 bits per heavy atom. The zero-order chi connectivity index (χ0) is 11.4. The lowest BCUT2D eigenvalue weighted by Gasteiger charge is -1.99. The van der Waals surface area contributed by atoms with Crippen LogP contribution in [0.5, 0.6) is 0 Å². The molecule has 1 heterocycles. The van der Waals surface area contributed by atoms with Gasteiger partial charge in [-0.15, -0.1) is 0 Å². The van der Waals surface area contributed by atoms with Crippen LogP contribution in [0.2, 0.25) is 0 Å². The summed E-state index contributed by atoms with van der Waals surface area (Å²) >= 11 is 0. The normalized spacial score (nSPS) is 10.3. The monoisotopic (exact) mass is 216 g/mol. The van der Waals surface area contributed by atoms with E-state index in [0.29, 0.717) is 17.7 Å². The van der Waals surface area contributed by atoms with Crippen LogP contribution in [0.25, 0.3) is 0 Å². The van der Waals surface area contributed by atoms with Gasteiger partial charge in [0.25, 0.3) is 5.91 Å². The van der Waals surface area contributed by atoms with Gasteiger partial charge in [0.15, 0.2) is 0 Å². The maximum absolute atomic E-state index is 11.9. The Morgan fingerprint density at radius 2 is 2.06 bits per heavy atom. The summed E-state index contributed by atoms with van der Waals surface area (Å²) in [4.78, 5) is 16.0. The van der Waals surface area contributed by atoms with Crippen LogP contribution in [0.15, 0.2) is 42.9 Å². The smallest absolute Gasteiger partial charge is 0.263 e. The minimum atomic E-state index is -0.114. The Hall–Kier alpha value is -1.94. The van der Waals surface area contributed by atoms with Crippen molar-refractivity contribution in [3.63, 3.8) is 0 Å². The summed E-state index contributed by atoms with van der Waals surface area (Å²) in [5.41, 5.74) is 1.34. The molecular weight excluding hydrogens is 204 g/mol. The molecule has 0 bridgehead atoms. The van der Waals surface area contributed by atoms with Crippen LogP contribution in [0, 0.1) is 0 Å². The number of rotatable bonds is 3. The van der Waals surface area contributed by atoms with Crippen LogP contribution in [0.1, 0.15) is 16.1 Å². The Morgan fingerprint density at radius 1 is 1.31 bits per heavy atom. The first kappa shape index (κ1) is 10.6. The molecule has 0 saturated carbocycles. The van der Waals surface area contributed by atoms with Crippen molar-refractivity contribution >= 4 is 5.91 Å². The lowest BCUT2D eigenvalue weighted by Crippen LogP contribution is -2.09. The fourth-order valence-electron chi connectivity index (χ4n) is 1.45. The molecule has 2 rings (SSSR count). The molecule has 0 spiro atoms. The zero-order valence-corrected chi connectivity index (χ0v) is 8.71. The molecule has 82 valence electrons. The van der Waals surface area contributed by atoms with Crippen molar-refractivity contribution in [3.05, 3.63) is 54.1 Å². The number of imidazole rings is 1. The number of carbonyl (C=O) groups excluding carboxylic acids is 1. The second kappa shape index (κ2) is 4.72. The fourth-order valence-corrected chi connectivity index (χ4v) is 1.45. The molecule has 1 aromatic heterocycles. The molecule has 0 aliphatic rings. The van der Waals surface area contributed by atoms with E-state index in [1.165, 1.54) is 10.9 Å². The first-order chi connectivity index (χ1) is 7.81. The lowest BCUT2D eigenvalue weighted by molar-refractivity contribution is 0.0959.